The summed E-state index contributed by atoms with van der Waals surface area (Å²) in [5.41, 5.74) is 3.61. The third-order valence-electron chi connectivity index (χ3n) is 6.17. The van der Waals surface area contributed by atoms with Crippen molar-refractivity contribution in [1.82, 2.24) is 9.80 Å². The maximum absolute atomic E-state index is 13.5. The summed E-state index contributed by atoms with van der Waals surface area (Å²) in [7, 11) is 0. The molecule has 4 rings (SSSR count). The molecule has 3 heteroatoms. The van der Waals surface area contributed by atoms with Crippen molar-refractivity contribution in [1.29, 1.82) is 0 Å². The van der Waals surface area contributed by atoms with E-state index in [0.29, 0.717) is 5.91 Å². The number of carbonyl (C=O) groups is 1. The van der Waals surface area contributed by atoms with E-state index in [1.165, 1.54) is 16.7 Å². The molecule has 136 valence electrons. The number of likely N-dealkylation sites (tertiary alicyclic amines) is 2. The summed E-state index contributed by atoms with van der Waals surface area (Å²) in [5.74, 6) is 0.346. The average Bonchev–Trinajstić information content (AvgIpc) is 3.05. The molecule has 2 aromatic carbocycles. The molecule has 1 unspecified atom stereocenters. The fourth-order valence-electron chi connectivity index (χ4n) is 4.70. The van der Waals surface area contributed by atoms with Gasteiger partial charge in [0.2, 0.25) is 5.91 Å². The minimum atomic E-state index is -0.282. The Hall–Kier alpha value is -2.13. The third kappa shape index (κ3) is 3.16. The van der Waals surface area contributed by atoms with E-state index < -0.39 is 0 Å². The van der Waals surface area contributed by atoms with Crippen molar-refractivity contribution in [3.8, 4) is 0 Å². The number of rotatable bonds is 4. The summed E-state index contributed by atoms with van der Waals surface area (Å²) in [4.78, 5) is 18.1. The van der Waals surface area contributed by atoms with Gasteiger partial charge in [-0.1, -0.05) is 54.6 Å². The molecule has 1 atom stereocenters. The highest BCUT2D eigenvalue weighted by molar-refractivity contribution is 5.87. The highest BCUT2D eigenvalue weighted by Crippen LogP contribution is 2.39. The molecule has 3 nitrogen and oxygen atoms in total. The number of nitrogens with zero attached hydrogens (tertiary/aromatic N) is 2. The van der Waals surface area contributed by atoms with Crippen molar-refractivity contribution in [2.75, 3.05) is 13.1 Å². The molecule has 0 radical (unpaired) electrons. The minimum absolute atomic E-state index is 0.282. The smallest absolute Gasteiger partial charge is 0.243 e. The van der Waals surface area contributed by atoms with Gasteiger partial charge in [0.1, 0.15) is 5.54 Å². The molecule has 1 spiro atoms. The predicted molar refractivity (Wildman–Crippen MR) is 105 cm³/mol. The van der Waals surface area contributed by atoms with Gasteiger partial charge < -0.3 is 4.90 Å². The fourth-order valence-corrected chi connectivity index (χ4v) is 4.70. The second-order valence-electron chi connectivity index (χ2n) is 7.80. The number of benzene rings is 2. The molecule has 2 aliphatic rings. The van der Waals surface area contributed by atoms with Crippen LogP contribution >= 0.6 is 0 Å². The van der Waals surface area contributed by atoms with Crippen LogP contribution in [0.1, 0.15) is 42.4 Å². The number of hydrogen-bond acceptors (Lipinski definition) is 2. The summed E-state index contributed by atoms with van der Waals surface area (Å²) in [5, 5.41) is 0. The van der Waals surface area contributed by atoms with Crippen LogP contribution in [0.4, 0.5) is 0 Å². The van der Waals surface area contributed by atoms with E-state index in [1.54, 1.807) is 0 Å². The summed E-state index contributed by atoms with van der Waals surface area (Å²) < 4.78 is 0. The Balaban J connectivity index is 1.55. The minimum Gasteiger partial charge on any atom is -0.337 e. The number of carbonyl (C=O) groups excluding carboxylic acids is 1. The van der Waals surface area contributed by atoms with Crippen LogP contribution in [0.2, 0.25) is 0 Å². The summed E-state index contributed by atoms with van der Waals surface area (Å²) in [6.45, 7) is 5.70. The van der Waals surface area contributed by atoms with Gasteiger partial charge in [-0.3, -0.25) is 9.69 Å². The van der Waals surface area contributed by atoms with Gasteiger partial charge >= 0.3 is 0 Å². The highest BCUT2D eigenvalue weighted by Gasteiger charge is 2.50. The molecule has 0 N–H and O–H groups in total. The molecule has 2 aliphatic heterocycles. The zero-order valence-electron chi connectivity index (χ0n) is 15.7. The zero-order valence-corrected chi connectivity index (χ0v) is 15.7. The lowest BCUT2D eigenvalue weighted by Crippen LogP contribution is -2.59. The van der Waals surface area contributed by atoms with E-state index in [-0.39, 0.29) is 5.54 Å². The first kappa shape index (κ1) is 17.3. The van der Waals surface area contributed by atoms with Crippen molar-refractivity contribution in [2.24, 2.45) is 0 Å². The lowest BCUT2D eigenvalue weighted by Gasteiger charge is -2.45. The Labute approximate surface area is 156 Å². The van der Waals surface area contributed by atoms with Crippen molar-refractivity contribution in [3.63, 3.8) is 0 Å². The average molecular weight is 348 g/mol. The Bertz CT molecular complexity index is 773. The molecule has 0 aromatic heterocycles. The van der Waals surface area contributed by atoms with Gasteiger partial charge in [0, 0.05) is 19.6 Å². The maximum atomic E-state index is 13.5. The van der Waals surface area contributed by atoms with Crippen molar-refractivity contribution in [2.45, 2.75) is 51.2 Å². The highest BCUT2D eigenvalue weighted by atomic mass is 16.2. The van der Waals surface area contributed by atoms with E-state index in [1.807, 2.05) is 6.07 Å². The molecular weight excluding hydrogens is 320 g/mol. The second kappa shape index (κ2) is 7.24. The lowest BCUT2D eigenvalue weighted by atomic mass is 9.84. The molecule has 1 amide bonds. The standard InChI is InChI=1S/C23H28N2O/c1-19-9-5-6-12-21(19)18-25-16-8-14-23(25)13-7-15-24(22(23)26)17-20-10-3-2-4-11-20/h2-6,9-12H,7-8,13-18H2,1H3. The Kier molecular flexibility index (Phi) is 4.82. The van der Waals surface area contributed by atoms with Crippen LogP contribution in [0.25, 0.3) is 0 Å². The predicted octanol–water partition coefficient (Wildman–Crippen LogP) is 4.15. The third-order valence-corrected chi connectivity index (χ3v) is 6.17. The molecule has 0 aliphatic carbocycles. The second-order valence-corrected chi connectivity index (χ2v) is 7.80. The van der Waals surface area contributed by atoms with Crippen LogP contribution in [0.5, 0.6) is 0 Å². The Morgan fingerprint density at radius 3 is 2.35 bits per heavy atom. The number of hydrogen-bond donors (Lipinski definition) is 0. The van der Waals surface area contributed by atoms with Gasteiger partial charge in [-0.25, -0.2) is 0 Å². The zero-order chi connectivity index (χ0) is 18.0. The summed E-state index contributed by atoms with van der Waals surface area (Å²) in [6, 6.07) is 19.0. The lowest BCUT2D eigenvalue weighted by molar-refractivity contribution is -0.148. The van der Waals surface area contributed by atoms with Crippen molar-refractivity contribution in [3.05, 3.63) is 71.3 Å². The van der Waals surface area contributed by atoms with Crippen LogP contribution in [0, 0.1) is 6.92 Å². The van der Waals surface area contributed by atoms with Crippen molar-refractivity contribution < 1.29 is 4.79 Å². The normalized spacial score (nSPS) is 23.7. The number of aryl methyl sites for hydroxylation is 1. The molecule has 0 bridgehead atoms. The van der Waals surface area contributed by atoms with Crippen LogP contribution < -0.4 is 0 Å². The van der Waals surface area contributed by atoms with Gasteiger partial charge in [-0.2, -0.15) is 0 Å². The van der Waals surface area contributed by atoms with Gasteiger partial charge in [0.25, 0.3) is 0 Å². The van der Waals surface area contributed by atoms with Crippen LogP contribution in [-0.4, -0.2) is 34.3 Å². The van der Waals surface area contributed by atoms with Crippen LogP contribution in [0.15, 0.2) is 54.6 Å². The van der Waals surface area contributed by atoms with Gasteiger partial charge in [0.15, 0.2) is 0 Å². The van der Waals surface area contributed by atoms with E-state index in [2.05, 4.69) is 65.3 Å². The molecule has 2 fully saturated rings. The summed E-state index contributed by atoms with van der Waals surface area (Å²) >= 11 is 0. The van der Waals surface area contributed by atoms with Crippen LogP contribution in [-0.2, 0) is 17.9 Å². The van der Waals surface area contributed by atoms with Gasteiger partial charge in [0.05, 0.1) is 0 Å². The first-order valence-electron chi connectivity index (χ1n) is 9.82. The maximum Gasteiger partial charge on any atom is 0.243 e. The van der Waals surface area contributed by atoms with Crippen molar-refractivity contribution >= 4 is 5.91 Å². The molecule has 2 saturated heterocycles. The SMILES string of the molecule is Cc1ccccc1CN1CCCC12CCCN(Cc1ccccc1)C2=O. The molecule has 2 heterocycles. The quantitative estimate of drug-likeness (QED) is 0.828. The van der Waals surface area contributed by atoms with E-state index in [0.717, 1.165) is 51.9 Å². The topological polar surface area (TPSA) is 23.6 Å². The first-order chi connectivity index (χ1) is 12.7. The van der Waals surface area contributed by atoms with E-state index in [9.17, 15) is 4.79 Å². The number of piperidine rings is 1. The molecule has 2 aromatic rings. The monoisotopic (exact) mass is 348 g/mol. The molecular formula is C23H28N2O. The molecule has 26 heavy (non-hydrogen) atoms. The fraction of sp³-hybridized carbons (Fsp3) is 0.435. The van der Waals surface area contributed by atoms with Gasteiger partial charge in [-0.05, 0) is 55.8 Å². The largest absolute Gasteiger partial charge is 0.337 e. The first-order valence-corrected chi connectivity index (χ1v) is 9.82. The number of amides is 1. The van der Waals surface area contributed by atoms with Crippen LogP contribution in [0.3, 0.4) is 0 Å². The van der Waals surface area contributed by atoms with Gasteiger partial charge in [-0.15, -0.1) is 0 Å². The summed E-state index contributed by atoms with van der Waals surface area (Å²) in [6.07, 6.45) is 4.23. The Morgan fingerprint density at radius 2 is 1.58 bits per heavy atom. The Morgan fingerprint density at radius 1 is 0.885 bits per heavy atom. The van der Waals surface area contributed by atoms with E-state index >= 15 is 0 Å². The molecule has 0 saturated carbocycles. The van der Waals surface area contributed by atoms with E-state index in [4.69, 9.17) is 0 Å².